The van der Waals surface area contributed by atoms with Crippen molar-refractivity contribution in [1.29, 1.82) is 0 Å². The second-order valence-electron chi connectivity index (χ2n) is 16.8. The number of nitrogens with two attached hydrogens (primary N) is 1. The molecule has 4 N–H and O–H groups in total. The zero-order chi connectivity index (χ0) is 42.0. The minimum Gasteiger partial charge on any atom is -0.459 e. The van der Waals surface area contributed by atoms with Crippen molar-refractivity contribution >= 4 is 40.3 Å². The first kappa shape index (κ1) is 44.6. The highest BCUT2D eigenvalue weighted by Gasteiger charge is 2.53. The lowest BCUT2D eigenvalue weighted by atomic mass is 9.73. The Kier molecular flexibility index (Phi) is 14.2. The molecule has 0 aliphatic carbocycles. The van der Waals surface area contributed by atoms with Crippen LogP contribution in [0.5, 0.6) is 0 Å². The SMILES string of the molecule is CC[C@H]1OC(=O)[C@H](C)C(=O)[C@H](C)[C@@H](O[C@@H]2O[C@H](C)C[C@H](N(C)C)[C@H]2O)[C@@]2(C)C[C@@H](C)/C(=N\C)[C@H](C)[C@@H](OCC(=NOCc3ccc4oc(N)nc4c3)CO2)[C@]1(C)O. The monoisotopic (exact) mass is 801 g/mol. The second-order valence-corrected chi connectivity index (χ2v) is 16.8. The van der Waals surface area contributed by atoms with Crippen LogP contribution in [-0.2, 0) is 44.7 Å². The van der Waals surface area contributed by atoms with Crippen LogP contribution in [0.25, 0.3) is 11.1 Å². The maximum absolute atomic E-state index is 14.4. The van der Waals surface area contributed by atoms with Crippen LogP contribution in [0.1, 0.15) is 80.2 Å². The average molecular weight is 802 g/mol. The molecule has 2 bridgehead atoms. The Morgan fingerprint density at radius 1 is 1.09 bits per heavy atom. The topological polar surface area (TPSA) is 210 Å². The number of aliphatic hydroxyl groups excluding tert-OH is 1. The first-order chi connectivity index (χ1) is 26.8. The molecule has 4 heterocycles. The summed E-state index contributed by atoms with van der Waals surface area (Å²) < 4.78 is 37.9. The number of oxazole rings is 1. The van der Waals surface area contributed by atoms with Crippen LogP contribution >= 0.6 is 0 Å². The Labute approximate surface area is 335 Å². The number of hydrogen-bond acceptors (Lipinski definition) is 16. The smallest absolute Gasteiger partial charge is 0.316 e. The lowest BCUT2D eigenvalue weighted by molar-refractivity contribution is -0.296. The number of benzene rings is 1. The number of anilines is 1. The molecule has 3 aliphatic rings. The van der Waals surface area contributed by atoms with Crippen molar-refractivity contribution in [3.8, 4) is 0 Å². The van der Waals surface area contributed by atoms with E-state index in [9.17, 15) is 19.8 Å². The summed E-state index contributed by atoms with van der Waals surface area (Å²) in [6.07, 6.45) is -4.45. The molecule has 0 spiro atoms. The number of fused-ring (bicyclic) bond motifs is 6. The Balaban J connectivity index is 1.62. The molecule has 1 aromatic carbocycles. The summed E-state index contributed by atoms with van der Waals surface area (Å²) in [5.41, 5.74) is 5.64. The lowest BCUT2D eigenvalue weighted by Gasteiger charge is -2.47. The molecule has 57 heavy (non-hydrogen) atoms. The molecule has 0 amide bonds. The number of aromatic nitrogens is 1. The highest BCUT2D eigenvalue weighted by atomic mass is 16.7. The van der Waals surface area contributed by atoms with E-state index in [1.165, 1.54) is 6.92 Å². The minimum absolute atomic E-state index is 0.0585. The molecule has 3 saturated heterocycles. The molecule has 0 radical (unpaired) electrons. The van der Waals surface area contributed by atoms with E-state index in [-0.39, 0.29) is 56.7 Å². The van der Waals surface area contributed by atoms with Gasteiger partial charge in [-0.2, -0.15) is 4.98 Å². The van der Waals surface area contributed by atoms with Gasteiger partial charge in [0.15, 0.2) is 17.7 Å². The highest BCUT2D eigenvalue weighted by molar-refractivity contribution is 6.00. The number of nitrogens with zero attached hydrogens (tertiary/aromatic N) is 4. The van der Waals surface area contributed by atoms with Gasteiger partial charge in [-0.3, -0.25) is 14.6 Å². The number of cyclic esters (lactones) is 1. The number of rotatable bonds is 7. The molecule has 5 rings (SSSR count). The highest BCUT2D eigenvalue weighted by Crippen LogP contribution is 2.40. The third-order valence-electron chi connectivity index (χ3n) is 12.0. The number of oxime groups is 1. The summed E-state index contributed by atoms with van der Waals surface area (Å²) >= 11 is 0. The van der Waals surface area contributed by atoms with E-state index in [4.69, 9.17) is 43.7 Å². The summed E-state index contributed by atoms with van der Waals surface area (Å²) in [5, 5.41) is 28.5. The van der Waals surface area contributed by atoms with Crippen molar-refractivity contribution < 1.29 is 52.7 Å². The van der Waals surface area contributed by atoms with E-state index in [1.54, 1.807) is 40.0 Å². The van der Waals surface area contributed by atoms with Crippen LogP contribution in [0, 0.1) is 23.7 Å². The predicted molar refractivity (Wildman–Crippen MR) is 212 cm³/mol. The van der Waals surface area contributed by atoms with Crippen LogP contribution in [0.3, 0.4) is 0 Å². The number of carbonyl (C=O) groups excluding carboxylic acids is 2. The summed E-state index contributed by atoms with van der Waals surface area (Å²) in [4.78, 5) is 45.0. The van der Waals surface area contributed by atoms with Crippen LogP contribution in [0.15, 0.2) is 32.8 Å². The van der Waals surface area contributed by atoms with E-state index < -0.39 is 71.4 Å². The maximum atomic E-state index is 14.4. The Bertz CT molecular complexity index is 1780. The normalized spacial score (nSPS) is 39.2. The molecule has 0 unspecified atom stereocenters. The number of aliphatic hydroxyl groups is 2. The van der Waals surface area contributed by atoms with E-state index in [0.29, 0.717) is 23.2 Å². The molecule has 3 aliphatic heterocycles. The van der Waals surface area contributed by atoms with Gasteiger partial charge in [0.2, 0.25) is 0 Å². The van der Waals surface area contributed by atoms with Gasteiger partial charge in [0.05, 0.1) is 37.1 Å². The number of ketones is 1. The van der Waals surface area contributed by atoms with Gasteiger partial charge in [-0.1, -0.05) is 38.9 Å². The van der Waals surface area contributed by atoms with Crippen LogP contribution in [0.4, 0.5) is 6.01 Å². The first-order valence-electron chi connectivity index (χ1n) is 20.0. The first-order valence-corrected chi connectivity index (χ1v) is 20.0. The summed E-state index contributed by atoms with van der Waals surface area (Å²) in [6, 6.07) is 5.12. The third kappa shape index (κ3) is 9.69. The van der Waals surface area contributed by atoms with E-state index in [1.807, 2.05) is 52.8 Å². The number of carbonyl (C=O) groups is 2. The van der Waals surface area contributed by atoms with E-state index in [0.717, 1.165) is 11.3 Å². The number of ether oxygens (including phenoxy) is 5. The van der Waals surface area contributed by atoms with Crippen molar-refractivity contribution in [1.82, 2.24) is 9.88 Å². The largest absolute Gasteiger partial charge is 0.459 e. The van der Waals surface area contributed by atoms with Gasteiger partial charge in [0.25, 0.3) is 6.01 Å². The summed E-state index contributed by atoms with van der Waals surface area (Å²) in [5.74, 6) is -4.22. The molecule has 3 fully saturated rings. The van der Waals surface area contributed by atoms with Crippen molar-refractivity contribution in [3.63, 3.8) is 0 Å². The van der Waals surface area contributed by atoms with E-state index >= 15 is 0 Å². The fourth-order valence-electron chi connectivity index (χ4n) is 8.92. The van der Waals surface area contributed by atoms with Gasteiger partial charge >= 0.3 is 5.97 Å². The van der Waals surface area contributed by atoms with Gasteiger partial charge in [-0.25, -0.2) is 0 Å². The number of esters is 1. The lowest BCUT2D eigenvalue weighted by Crippen LogP contribution is -2.60. The van der Waals surface area contributed by atoms with Crippen LogP contribution < -0.4 is 5.73 Å². The number of Topliss-reactive ketones (excluding diaryl/α,β-unsaturated/α-hetero) is 1. The molecular weight excluding hydrogens is 738 g/mol. The predicted octanol–water partition coefficient (Wildman–Crippen LogP) is 3.93. The van der Waals surface area contributed by atoms with Crippen molar-refractivity contribution in [2.24, 2.45) is 33.8 Å². The number of aliphatic imine (C=N–C) groups is 1. The van der Waals surface area contributed by atoms with Crippen LogP contribution in [-0.4, -0.2) is 132 Å². The molecular formula is C41H63N5O11. The molecule has 2 aromatic rings. The van der Waals surface area contributed by atoms with Crippen molar-refractivity contribution in [2.45, 2.75) is 135 Å². The fourth-order valence-corrected chi connectivity index (χ4v) is 8.92. The summed E-state index contributed by atoms with van der Waals surface area (Å²) in [6.45, 7) is 14.1. The number of nitrogen functional groups attached to an aromatic ring is 1. The molecule has 1 aromatic heterocycles. The molecule has 0 saturated carbocycles. The molecule has 16 heteroatoms. The zero-order valence-electron chi connectivity index (χ0n) is 35.3. The van der Waals surface area contributed by atoms with Gasteiger partial charge in [0, 0.05) is 30.6 Å². The van der Waals surface area contributed by atoms with Crippen molar-refractivity contribution in [2.75, 3.05) is 40.1 Å². The van der Waals surface area contributed by atoms with Crippen molar-refractivity contribution in [3.05, 3.63) is 23.8 Å². The maximum Gasteiger partial charge on any atom is 0.316 e. The number of hydrogen-bond donors (Lipinski definition) is 3. The zero-order valence-corrected chi connectivity index (χ0v) is 35.3. The quantitative estimate of drug-likeness (QED) is 0.206. The number of likely N-dealkylation sites (N-methyl/N-ethyl adjacent to an activating group) is 1. The second kappa shape index (κ2) is 18.2. The third-order valence-corrected chi connectivity index (χ3v) is 12.0. The van der Waals surface area contributed by atoms with E-state index in [2.05, 4.69) is 10.1 Å². The average Bonchev–Trinajstić information content (AvgIpc) is 3.52. The van der Waals surface area contributed by atoms with Crippen LogP contribution in [0.2, 0.25) is 0 Å². The minimum atomic E-state index is -1.74. The van der Waals surface area contributed by atoms with Gasteiger partial charge in [-0.15, -0.1) is 0 Å². The Morgan fingerprint density at radius 3 is 2.47 bits per heavy atom. The van der Waals surface area contributed by atoms with Gasteiger partial charge in [-0.05, 0) is 84.7 Å². The standard InChI is InChI=1S/C41H63N5O11/c1-12-31-41(8,50)36-23(4)32(43-9)21(2)17-40(7,52-20-27(19-51-36)45-53-18-26-13-14-30-28(16-26)44-39(42)55-30)35(24(5)33(47)25(6)37(49)56-31)57-38-34(48)29(46(10)11)15-22(3)54-38/h13-14,16,21-25,29,31,34-36,38,48,50H,12,15,17-20H2,1-11H3,(H2,42,44)/b43-32+,45-27?/t21-,22-,23+,24+,25-,29+,31-,34-,35-,36-,38+,40-,41-/m1/s1. The van der Waals surface area contributed by atoms with Gasteiger partial charge < -0.3 is 53.8 Å². The molecule has 318 valence electrons. The summed E-state index contributed by atoms with van der Waals surface area (Å²) in [7, 11) is 5.46. The Morgan fingerprint density at radius 2 is 1.81 bits per heavy atom. The Hall–Kier alpha value is -3.51. The molecule has 16 nitrogen and oxygen atoms in total. The molecule has 13 atom stereocenters. The fraction of sp³-hybridized carbons (Fsp3) is 0.732. The van der Waals surface area contributed by atoms with Gasteiger partial charge in [0.1, 0.15) is 41.6 Å².